The van der Waals surface area contributed by atoms with Crippen molar-refractivity contribution in [3.05, 3.63) is 52.6 Å². The van der Waals surface area contributed by atoms with Gasteiger partial charge in [-0.2, -0.15) is 5.10 Å². The molecule has 0 saturated carbocycles. The molecule has 20 heavy (non-hydrogen) atoms. The van der Waals surface area contributed by atoms with E-state index in [2.05, 4.69) is 44.1 Å². The number of H-pyrrole nitrogens is 1. The highest BCUT2D eigenvalue weighted by Crippen LogP contribution is 2.35. The Labute approximate surface area is 125 Å². The number of aromatic amines is 1. The smallest absolute Gasteiger partial charge is 0.155 e. The molecule has 100 valence electrons. The lowest BCUT2D eigenvalue weighted by Gasteiger charge is -2.07. The average molecular weight is 329 g/mol. The molecule has 2 heterocycles. The number of nitrogen functional groups attached to an aromatic ring is 1. The van der Waals surface area contributed by atoms with E-state index in [9.17, 15) is 0 Å². The minimum absolute atomic E-state index is 0.459. The van der Waals surface area contributed by atoms with Crippen LogP contribution < -0.4 is 5.73 Å². The first-order valence-electron chi connectivity index (χ1n) is 6.18. The van der Waals surface area contributed by atoms with Gasteiger partial charge in [0.15, 0.2) is 5.82 Å². The molecule has 0 aliphatic heterocycles. The zero-order valence-corrected chi connectivity index (χ0v) is 12.5. The van der Waals surface area contributed by atoms with Crippen LogP contribution in [0.2, 0.25) is 0 Å². The second kappa shape index (κ2) is 5.09. The van der Waals surface area contributed by atoms with Crippen LogP contribution in [0.4, 0.5) is 5.82 Å². The third-order valence-corrected chi connectivity index (χ3v) is 3.67. The fourth-order valence-electron chi connectivity index (χ4n) is 2.23. The number of nitrogens with one attached hydrogen (secondary N) is 1. The Morgan fingerprint density at radius 1 is 1.20 bits per heavy atom. The maximum absolute atomic E-state index is 6.00. The molecule has 0 fully saturated rings. The summed E-state index contributed by atoms with van der Waals surface area (Å²) < 4.78 is 1.05. The molecule has 0 bridgehead atoms. The molecule has 1 aromatic carbocycles. The van der Waals surface area contributed by atoms with Crippen LogP contribution in [0.5, 0.6) is 0 Å². The number of nitrogens with zero attached hydrogens (tertiary/aromatic N) is 2. The summed E-state index contributed by atoms with van der Waals surface area (Å²) in [5.74, 6) is 0.459. The number of hydrogen-bond acceptors (Lipinski definition) is 3. The van der Waals surface area contributed by atoms with Gasteiger partial charge < -0.3 is 5.73 Å². The molecule has 0 atom stereocenters. The third kappa shape index (κ3) is 2.20. The predicted molar refractivity (Wildman–Crippen MR) is 84.1 cm³/mol. The van der Waals surface area contributed by atoms with E-state index in [1.54, 1.807) is 6.20 Å². The van der Waals surface area contributed by atoms with Gasteiger partial charge in [0.2, 0.25) is 0 Å². The molecule has 3 rings (SSSR count). The fourth-order valence-corrected chi connectivity index (χ4v) is 2.70. The van der Waals surface area contributed by atoms with E-state index in [4.69, 9.17) is 5.73 Å². The minimum atomic E-state index is 0.459. The van der Waals surface area contributed by atoms with Gasteiger partial charge in [0.1, 0.15) is 0 Å². The first kappa shape index (κ1) is 12.9. The molecule has 2 aromatic heterocycles. The van der Waals surface area contributed by atoms with E-state index in [-0.39, 0.29) is 0 Å². The topological polar surface area (TPSA) is 67.6 Å². The van der Waals surface area contributed by atoms with Crippen LogP contribution in [0, 0.1) is 6.92 Å². The van der Waals surface area contributed by atoms with Gasteiger partial charge in [0, 0.05) is 16.2 Å². The molecule has 0 aliphatic rings. The standard InChI is InChI=1S/C15H13BrN4/c1-9-8-10(16)5-6-11(9)14-13(15(17)20-19-14)12-4-2-3-7-18-12/h2-8H,1H3,(H3,17,19,20). The Bertz CT molecular complexity index is 750. The van der Waals surface area contributed by atoms with Gasteiger partial charge in [-0.3, -0.25) is 10.1 Å². The molecule has 4 nitrogen and oxygen atoms in total. The van der Waals surface area contributed by atoms with E-state index in [1.807, 2.05) is 30.3 Å². The highest BCUT2D eigenvalue weighted by atomic mass is 79.9. The normalized spacial score (nSPS) is 10.7. The molecule has 0 amide bonds. The lowest BCUT2D eigenvalue weighted by molar-refractivity contribution is 1.10. The Morgan fingerprint density at radius 2 is 2.05 bits per heavy atom. The molecule has 0 aliphatic carbocycles. The van der Waals surface area contributed by atoms with Crippen molar-refractivity contribution in [1.82, 2.24) is 15.2 Å². The van der Waals surface area contributed by atoms with Crippen molar-refractivity contribution < 1.29 is 0 Å². The Hall–Kier alpha value is -2.14. The number of anilines is 1. The van der Waals surface area contributed by atoms with Crippen LogP contribution in [-0.2, 0) is 0 Å². The van der Waals surface area contributed by atoms with Gasteiger partial charge in [-0.25, -0.2) is 0 Å². The van der Waals surface area contributed by atoms with Crippen LogP contribution in [-0.4, -0.2) is 15.2 Å². The number of benzene rings is 1. The van der Waals surface area contributed by atoms with Gasteiger partial charge in [-0.1, -0.05) is 28.1 Å². The molecule has 0 saturated heterocycles. The average Bonchev–Trinajstić information content (AvgIpc) is 2.81. The van der Waals surface area contributed by atoms with Gasteiger partial charge >= 0.3 is 0 Å². The zero-order chi connectivity index (χ0) is 14.1. The molecule has 0 radical (unpaired) electrons. The van der Waals surface area contributed by atoms with Crippen LogP contribution in [0.1, 0.15) is 5.56 Å². The lowest BCUT2D eigenvalue weighted by atomic mass is 10.0. The Morgan fingerprint density at radius 3 is 2.75 bits per heavy atom. The summed E-state index contributed by atoms with van der Waals surface area (Å²) in [4.78, 5) is 4.37. The fraction of sp³-hybridized carbons (Fsp3) is 0.0667. The van der Waals surface area contributed by atoms with Crippen molar-refractivity contribution >= 4 is 21.7 Å². The lowest BCUT2D eigenvalue weighted by Crippen LogP contribution is -1.91. The van der Waals surface area contributed by atoms with Gasteiger partial charge in [-0.15, -0.1) is 0 Å². The zero-order valence-electron chi connectivity index (χ0n) is 10.9. The molecule has 3 aromatic rings. The monoisotopic (exact) mass is 328 g/mol. The molecule has 0 spiro atoms. The summed E-state index contributed by atoms with van der Waals surface area (Å²) in [6.07, 6.45) is 1.75. The predicted octanol–water partition coefficient (Wildman–Crippen LogP) is 3.79. The molecule has 0 unspecified atom stereocenters. The number of nitrogens with two attached hydrogens (primary N) is 1. The van der Waals surface area contributed by atoms with E-state index in [0.29, 0.717) is 5.82 Å². The summed E-state index contributed by atoms with van der Waals surface area (Å²) in [5, 5.41) is 7.15. The van der Waals surface area contributed by atoms with Crippen molar-refractivity contribution in [2.45, 2.75) is 6.92 Å². The number of hydrogen-bond donors (Lipinski definition) is 2. The van der Waals surface area contributed by atoms with Gasteiger partial charge in [-0.05, 0) is 36.8 Å². The number of rotatable bonds is 2. The highest BCUT2D eigenvalue weighted by Gasteiger charge is 2.16. The second-order valence-electron chi connectivity index (χ2n) is 4.53. The van der Waals surface area contributed by atoms with Crippen molar-refractivity contribution in [3.8, 4) is 22.5 Å². The first-order valence-corrected chi connectivity index (χ1v) is 6.98. The Kier molecular flexibility index (Phi) is 3.28. The van der Waals surface area contributed by atoms with Gasteiger partial charge in [0.25, 0.3) is 0 Å². The number of aryl methyl sites for hydroxylation is 1. The Balaban J connectivity index is 2.21. The van der Waals surface area contributed by atoms with E-state index in [1.165, 1.54) is 0 Å². The molecule has 3 N–H and O–H groups in total. The SMILES string of the molecule is Cc1cc(Br)ccc1-c1[nH]nc(N)c1-c1ccccn1. The van der Waals surface area contributed by atoms with Crippen LogP contribution in [0.15, 0.2) is 47.1 Å². The third-order valence-electron chi connectivity index (χ3n) is 3.17. The molecule has 5 heteroatoms. The van der Waals surface area contributed by atoms with Crippen molar-refractivity contribution in [1.29, 1.82) is 0 Å². The minimum Gasteiger partial charge on any atom is -0.382 e. The number of pyridine rings is 1. The van der Waals surface area contributed by atoms with Crippen molar-refractivity contribution in [3.63, 3.8) is 0 Å². The van der Waals surface area contributed by atoms with Gasteiger partial charge in [0.05, 0.1) is 17.0 Å². The molecular weight excluding hydrogens is 316 g/mol. The summed E-state index contributed by atoms with van der Waals surface area (Å²) >= 11 is 3.47. The summed E-state index contributed by atoms with van der Waals surface area (Å²) in [6.45, 7) is 2.05. The summed E-state index contributed by atoms with van der Waals surface area (Å²) in [5.41, 5.74) is 10.8. The van der Waals surface area contributed by atoms with Crippen molar-refractivity contribution in [2.75, 3.05) is 5.73 Å². The van der Waals surface area contributed by atoms with Crippen LogP contribution in [0.25, 0.3) is 22.5 Å². The van der Waals surface area contributed by atoms with E-state index < -0.39 is 0 Å². The molecular formula is C15H13BrN4. The second-order valence-corrected chi connectivity index (χ2v) is 5.45. The highest BCUT2D eigenvalue weighted by molar-refractivity contribution is 9.10. The van der Waals surface area contributed by atoms with Crippen LogP contribution in [0.3, 0.4) is 0 Å². The largest absolute Gasteiger partial charge is 0.382 e. The number of halogens is 1. The van der Waals surface area contributed by atoms with E-state index in [0.717, 1.165) is 32.6 Å². The summed E-state index contributed by atoms with van der Waals surface area (Å²) in [6, 6.07) is 11.9. The first-order chi connectivity index (χ1) is 9.66. The number of aromatic nitrogens is 3. The van der Waals surface area contributed by atoms with E-state index >= 15 is 0 Å². The summed E-state index contributed by atoms with van der Waals surface area (Å²) in [7, 11) is 0. The quantitative estimate of drug-likeness (QED) is 0.752. The maximum Gasteiger partial charge on any atom is 0.155 e. The van der Waals surface area contributed by atoms with Crippen LogP contribution >= 0.6 is 15.9 Å². The van der Waals surface area contributed by atoms with Crippen molar-refractivity contribution in [2.24, 2.45) is 0 Å². The maximum atomic E-state index is 6.00.